The zero-order valence-electron chi connectivity index (χ0n) is 13.3. The first-order valence-corrected chi connectivity index (χ1v) is 6.90. The molecule has 21 heavy (non-hydrogen) atoms. The van der Waals surface area contributed by atoms with Crippen LogP contribution in [0.1, 0.15) is 26.0 Å². The maximum absolute atomic E-state index is 11.8. The molecule has 0 saturated carbocycles. The molecule has 118 valence electrons. The highest BCUT2D eigenvalue weighted by Gasteiger charge is 2.21. The Morgan fingerprint density at radius 2 is 2.00 bits per heavy atom. The van der Waals surface area contributed by atoms with Crippen molar-refractivity contribution < 1.29 is 19.0 Å². The quantitative estimate of drug-likeness (QED) is 0.737. The highest BCUT2D eigenvalue weighted by Crippen LogP contribution is 2.28. The number of carbonyl (C=O) groups is 1. The Kier molecular flexibility index (Phi) is 6.94. The number of carbonyl (C=O) groups excluding carboxylic acids is 1. The van der Waals surface area contributed by atoms with Gasteiger partial charge in [0.2, 0.25) is 0 Å². The Morgan fingerprint density at radius 1 is 1.29 bits per heavy atom. The molecule has 6 heteroatoms. The van der Waals surface area contributed by atoms with E-state index in [0.717, 1.165) is 0 Å². The molecule has 0 bridgehead atoms. The summed E-state index contributed by atoms with van der Waals surface area (Å²) in [5, 5.41) is 3.17. The molecular formula is C15H24N2O4. The summed E-state index contributed by atoms with van der Waals surface area (Å²) < 4.78 is 15.4. The molecule has 0 saturated heterocycles. The van der Waals surface area contributed by atoms with E-state index in [-0.39, 0.29) is 12.0 Å². The third-order valence-corrected chi connectivity index (χ3v) is 3.07. The fraction of sp³-hybridized carbons (Fsp3) is 0.600. The normalized spacial score (nSPS) is 12.1. The van der Waals surface area contributed by atoms with Crippen molar-refractivity contribution >= 4 is 5.97 Å². The Morgan fingerprint density at radius 3 is 2.52 bits per heavy atom. The third kappa shape index (κ3) is 4.90. The summed E-state index contributed by atoms with van der Waals surface area (Å²) in [6.45, 7) is 4.51. The number of nitrogens with one attached hydrogen (secondary N) is 1. The van der Waals surface area contributed by atoms with Gasteiger partial charge in [0.1, 0.15) is 6.04 Å². The lowest BCUT2D eigenvalue weighted by atomic mass is 10.0. The number of methoxy groups -OCH3 is 3. The molecule has 0 amide bonds. The minimum Gasteiger partial charge on any atom is -0.493 e. The average Bonchev–Trinajstić information content (AvgIpc) is 2.49. The Balaban J connectivity index is 2.82. The molecule has 1 heterocycles. The van der Waals surface area contributed by atoms with E-state index >= 15 is 0 Å². The molecular weight excluding hydrogens is 272 g/mol. The maximum Gasteiger partial charge on any atom is 0.322 e. The van der Waals surface area contributed by atoms with Crippen LogP contribution < -0.4 is 14.8 Å². The van der Waals surface area contributed by atoms with Gasteiger partial charge in [0.15, 0.2) is 11.5 Å². The molecule has 0 radical (unpaired) electrons. The largest absolute Gasteiger partial charge is 0.493 e. The number of hydrogen-bond donors (Lipinski definition) is 1. The van der Waals surface area contributed by atoms with Gasteiger partial charge in [-0.15, -0.1) is 0 Å². The van der Waals surface area contributed by atoms with Gasteiger partial charge in [-0.25, -0.2) is 0 Å². The summed E-state index contributed by atoms with van der Waals surface area (Å²) in [6, 6.07) is 1.36. The molecule has 1 N–H and O–H groups in total. The summed E-state index contributed by atoms with van der Waals surface area (Å²) in [5.74, 6) is 1.29. The summed E-state index contributed by atoms with van der Waals surface area (Å²) >= 11 is 0. The second-order valence-electron chi connectivity index (χ2n) is 5.08. The van der Waals surface area contributed by atoms with Crippen molar-refractivity contribution in [2.75, 3.05) is 21.3 Å². The highest BCUT2D eigenvalue weighted by atomic mass is 16.5. The molecule has 1 atom stereocenters. The molecule has 0 aromatic carbocycles. The van der Waals surface area contributed by atoms with Crippen LogP contribution in [0, 0.1) is 5.92 Å². The number of rotatable bonds is 8. The SMILES string of the molecule is COC(=O)C(CC(C)C)NCc1nccc(OC)c1OC. The maximum atomic E-state index is 11.8. The first kappa shape index (κ1) is 17.2. The van der Waals surface area contributed by atoms with Gasteiger partial charge in [-0.2, -0.15) is 0 Å². The third-order valence-electron chi connectivity index (χ3n) is 3.07. The smallest absolute Gasteiger partial charge is 0.322 e. The average molecular weight is 296 g/mol. The zero-order chi connectivity index (χ0) is 15.8. The second-order valence-corrected chi connectivity index (χ2v) is 5.08. The fourth-order valence-corrected chi connectivity index (χ4v) is 2.07. The zero-order valence-corrected chi connectivity index (χ0v) is 13.3. The fourth-order valence-electron chi connectivity index (χ4n) is 2.07. The van der Waals surface area contributed by atoms with Crippen molar-refractivity contribution in [1.82, 2.24) is 10.3 Å². The lowest BCUT2D eigenvalue weighted by molar-refractivity contribution is -0.143. The summed E-state index contributed by atoms with van der Waals surface area (Å²) in [7, 11) is 4.53. The van der Waals surface area contributed by atoms with Gasteiger partial charge >= 0.3 is 5.97 Å². The minimum atomic E-state index is -0.368. The van der Waals surface area contributed by atoms with Gasteiger partial charge in [0, 0.05) is 18.8 Å². The standard InChI is InChI=1S/C15H24N2O4/c1-10(2)8-11(15(18)21-5)17-9-12-14(20-4)13(19-3)6-7-16-12/h6-7,10-11,17H,8-9H2,1-5H3. The van der Waals surface area contributed by atoms with E-state index in [1.54, 1.807) is 26.5 Å². The minimum absolute atomic E-state index is 0.273. The van der Waals surface area contributed by atoms with Crippen LogP contribution in [0.5, 0.6) is 11.5 Å². The molecule has 0 aliphatic rings. The van der Waals surface area contributed by atoms with Gasteiger partial charge in [-0.05, 0) is 12.3 Å². The van der Waals surface area contributed by atoms with Gasteiger partial charge in [-0.3, -0.25) is 15.1 Å². The summed E-state index contributed by atoms with van der Waals surface area (Å²) in [4.78, 5) is 16.1. The predicted molar refractivity (Wildman–Crippen MR) is 79.4 cm³/mol. The Labute approximate surface area is 125 Å². The summed E-state index contributed by atoms with van der Waals surface area (Å²) in [5.41, 5.74) is 0.689. The van der Waals surface area contributed by atoms with E-state index in [1.165, 1.54) is 7.11 Å². The summed E-state index contributed by atoms with van der Waals surface area (Å²) in [6.07, 6.45) is 2.34. The van der Waals surface area contributed by atoms with Crippen LogP contribution in [0.4, 0.5) is 0 Å². The van der Waals surface area contributed by atoms with Crippen LogP contribution >= 0.6 is 0 Å². The molecule has 6 nitrogen and oxygen atoms in total. The Hall–Kier alpha value is -1.82. The van der Waals surface area contributed by atoms with E-state index in [9.17, 15) is 4.79 Å². The molecule has 1 rings (SSSR count). The number of ether oxygens (including phenoxy) is 3. The van der Waals surface area contributed by atoms with Crippen molar-refractivity contribution in [2.24, 2.45) is 5.92 Å². The molecule has 0 spiro atoms. The molecule has 1 aromatic rings. The molecule has 1 aromatic heterocycles. The lowest BCUT2D eigenvalue weighted by Crippen LogP contribution is -2.38. The van der Waals surface area contributed by atoms with Crippen LogP contribution in [0.15, 0.2) is 12.3 Å². The van der Waals surface area contributed by atoms with Gasteiger partial charge in [0.25, 0.3) is 0 Å². The lowest BCUT2D eigenvalue weighted by Gasteiger charge is -2.19. The second kappa shape index (κ2) is 8.46. The predicted octanol–water partition coefficient (Wildman–Crippen LogP) is 1.78. The number of nitrogens with zero attached hydrogens (tertiary/aromatic N) is 1. The van der Waals surface area contributed by atoms with Crippen molar-refractivity contribution in [3.63, 3.8) is 0 Å². The number of pyridine rings is 1. The van der Waals surface area contributed by atoms with E-state index in [1.807, 2.05) is 0 Å². The van der Waals surface area contributed by atoms with Crippen LogP contribution in [-0.4, -0.2) is 38.3 Å². The number of hydrogen-bond acceptors (Lipinski definition) is 6. The number of esters is 1. The molecule has 0 aliphatic carbocycles. The van der Waals surface area contributed by atoms with Gasteiger partial charge in [0.05, 0.1) is 27.0 Å². The topological polar surface area (TPSA) is 69.7 Å². The molecule has 1 unspecified atom stereocenters. The first-order chi connectivity index (χ1) is 10.0. The van der Waals surface area contributed by atoms with E-state index in [2.05, 4.69) is 24.1 Å². The monoisotopic (exact) mass is 296 g/mol. The molecule has 0 aliphatic heterocycles. The van der Waals surface area contributed by atoms with Crippen LogP contribution in [0.2, 0.25) is 0 Å². The van der Waals surface area contributed by atoms with Crippen LogP contribution in [-0.2, 0) is 16.1 Å². The number of aromatic nitrogens is 1. The van der Waals surface area contributed by atoms with Crippen molar-refractivity contribution in [3.8, 4) is 11.5 Å². The van der Waals surface area contributed by atoms with E-state index in [0.29, 0.717) is 36.1 Å². The van der Waals surface area contributed by atoms with Gasteiger partial charge in [-0.1, -0.05) is 13.8 Å². The van der Waals surface area contributed by atoms with Gasteiger partial charge < -0.3 is 14.2 Å². The van der Waals surface area contributed by atoms with Crippen molar-refractivity contribution in [2.45, 2.75) is 32.9 Å². The van der Waals surface area contributed by atoms with Crippen molar-refractivity contribution in [3.05, 3.63) is 18.0 Å². The van der Waals surface area contributed by atoms with Crippen molar-refractivity contribution in [1.29, 1.82) is 0 Å². The van der Waals surface area contributed by atoms with E-state index < -0.39 is 0 Å². The first-order valence-electron chi connectivity index (χ1n) is 6.90. The highest BCUT2D eigenvalue weighted by molar-refractivity contribution is 5.75. The van der Waals surface area contributed by atoms with Crippen LogP contribution in [0.3, 0.4) is 0 Å². The Bertz CT molecular complexity index is 463. The van der Waals surface area contributed by atoms with E-state index in [4.69, 9.17) is 14.2 Å². The van der Waals surface area contributed by atoms with Crippen LogP contribution in [0.25, 0.3) is 0 Å². The molecule has 0 fully saturated rings.